The van der Waals surface area contributed by atoms with Crippen LogP contribution in [0.2, 0.25) is 5.02 Å². The molecule has 0 unspecified atom stereocenters. The van der Waals surface area contributed by atoms with Crippen LogP contribution in [-0.4, -0.2) is 13.0 Å². The number of hydrogen-bond acceptors (Lipinski definition) is 2. The van der Waals surface area contributed by atoms with E-state index in [9.17, 15) is 4.79 Å². The van der Waals surface area contributed by atoms with Crippen LogP contribution in [0.5, 0.6) is 0 Å². The van der Waals surface area contributed by atoms with Gasteiger partial charge in [-0.1, -0.05) is 11.6 Å². The molecule has 1 aromatic rings. The van der Waals surface area contributed by atoms with Crippen molar-refractivity contribution in [3.05, 3.63) is 28.3 Å². The summed E-state index contributed by atoms with van der Waals surface area (Å²) in [5.41, 5.74) is 7.42. The first-order valence-corrected chi connectivity index (χ1v) is 4.21. The largest absolute Gasteiger partial charge is 0.398 e. The Bertz CT molecular complexity index is 353. The first-order valence-electron chi connectivity index (χ1n) is 3.84. The van der Waals surface area contributed by atoms with Gasteiger partial charge in [0.05, 0.1) is 5.56 Å². The van der Waals surface area contributed by atoms with Crippen molar-refractivity contribution in [1.29, 1.82) is 0 Å². The molecule has 1 amide bonds. The van der Waals surface area contributed by atoms with Gasteiger partial charge in [0.25, 0.3) is 5.91 Å². The maximum Gasteiger partial charge on any atom is 0.253 e. The second kappa shape index (κ2) is 5.08. The third-order valence-corrected chi connectivity index (χ3v) is 2.04. The fraction of sp³-hybridized carbons (Fsp3) is 0.222. The highest BCUT2D eigenvalue weighted by Crippen LogP contribution is 2.22. The molecule has 0 aromatic heterocycles. The Hall–Kier alpha value is -0.930. The molecule has 3 N–H and O–H groups in total. The average Bonchev–Trinajstić information content (AvgIpc) is 2.10. The van der Waals surface area contributed by atoms with Gasteiger partial charge in [-0.15, -0.1) is 12.4 Å². The third kappa shape index (κ3) is 2.53. The molecule has 0 aliphatic carbocycles. The number of hydrogen-bond donors (Lipinski definition) is 2. The van der Waals surface area contributed by atoms with Gasteiger partial charge in [-0.2, -0.15) is 0 Å². The van der Waals surface area contributed by atoms with E-state index in [1.54, 1.807) is 19.2 Å². The van der Waals surface area contributed by atoms with Crippen LogP contribution in [0.3, 0.4) is 0 Å². The van der Waals surface area contributed by atoms with E-state index in [0.29, 0.717) is 16.3 Å². The predicted octanol–water partition coefficient (Wildman–Crippen LogP) is 2.01. The van der Waals surface area contributed by atoms with Crippen molar-refractivity contribution in [2.24, 2.45) is 0 Å². The molecule has 0 aliphatic heterocycles. The highest BCUT2D eigenvalue weighted by molar-refractivity contribution is 6.31. The smallest absolute Gasteiger partial charge is 0.253 e. The van der Waals surface area contributed by atoms with Crippen LogP contribution < -0.4 is 11.1 Å². The number of nitrogens with one attached hydrogen (secondary N) is 1. The summed E-state index contributed by atoms with van der Waals surface area (Å²) in [7, 11) is 1.55. The van der Waals surface area contributed by atoms with Crippen LogP contribution in [0, 0.1) is 6.92 Å². The van der Waals surface area contributed by atoms with Gasteiger partial charge >= 0.3 is 0 Å². The number of nitrogens with two attached hydrogens (primary N) is 1. The summed E-state index contributed by atoms with van der Waals surface area (Å²) < 4.78 is 0. The van der Waals surface area contributed by atoms with Gasteiger partial charge in [0.2, 0.25) is 0 Å². The molecule has 0 heterocycles. The number of halogens is 2. The fourth-order valence-electron chi connectivity index (χ4n) is 1.08. The lowest BCUT2D eigenvalue weighted by atomic mass is 10.1. The van der Waals surface area contributed by atoms with Crippen molar-refractivity contribution in [2.75, 3.05) is 12.8 Å². The number of rotatable bonds is 1. The van der Waals surface area contributed by atoms with E-state index in [1.165, 1.54) is 0 Å². The van der Waals surface area contributed by atoms with Crippen molar-refractivity contribution >= 4 is 35.6 Å². The van der Waals surface area contributed by atoms with Crippen molar-refractivity contribution in [1.82, 2.24) is 5.32 Å². The molecule has 0 fully saturated rings. The fourth-order valence-corrected chi connectivity index (χ4v) is 1.35. The Morgan fingerprint density at radius 1 is 1.50 bits per heavy atom. The van der Waals surface area contributed by atoms with E-state index in [-0.39, 0.29) is 18.3 Å². The van der Waals surface area contributed by atoms with Gasteiger partial charge in [-0.25, -0.2) is 0 Å². The van der Waals surface area contributed by atoms with Gasteiger partial charge in [-0.3, -0.25) is 4.79 Å². The number of carbonyl (C=O) groups excluding carboxylic acids is 1. The molecule has 0 radical (unpaired) electrons. The molecule has 0 aliphatic rings. The van der Waals surface area contributed by atoms with Gasteiger partial charge < -0.3 is 11.1 Å². The molecule has 1 aromatic carbocycles. The molecule has 78 valence electrons. The summed E-state index contributed by atoms with van der Waals surface area (Å²) in [6.45, 7) is 1.81. The quantitative estimate of drug-likeness (QED) is 0.731. The zero-order valence-corrected chi connectivity index (χ0v) is 9.50. The van der Waals surface area contributed by atoms with Crippen LogP contribution >= 0.6 is 24.0 Å². The molecular weight excluding hydrogens is 223 g/mol. The van der Waals surface area contributed by atoms with E-state index in [1.807, 2.05) is 6.92 Å². The Labute approximate surface area is 94.0 Å². The normalized spacial score (nSPS) is 9.07. The number of aryl methyl sites for hydroxylation is 1. The summed E-state index contributed by atoms with van der Waals surface area (Å²) in [6, 6.07) is 3.28. The minimum absolute atomic E-state index is 0. The summed E-state index contributed by atoms with van der Waals surface area (Å²) in [6.07, 6.45) is 0. The van der Waals surface area contributed by atoms with Crippen molar-refractivity contribution < 1.29 is 4.79 Å². The molecule has 3 nitrogen and oxygen atoms in total. The first-order chi connectivity index (χ1) is 6.06. The second-order valence-corrected chi connectivity index (χ2v) is 3.20. The minimum Gasteiger partial charge on any atom is -0.398 e. The first kappa shape index (κ1) is 13.1. The van der Waals surface area contributed by atoms with Crippen LogP contribution in [-0.2, 0) is 0 Å². The standard InChI is InChI=1S/C9H11ClN2O.ClH/c1-5-3-6(10)4-7(8(5)11)9(13)12-2;/h3-4H,11H2,1-2H3,(H,12,13);1H. The monoisotopic (exact) mass is 234 g/mol. The molecule has 14 heavy (non-hydrogen) atoms. The van der Waals surface area contributed by atoms with Gasteiger partial charge in [-0.05, 0) is 24.6 Å². The molecule has 0 atom stereocenters. The Morgan fingerprint density at radius 3 is 2.57 bits per heavy atom. The van der Waals surface area contributed by atoms with E-state index in [4.69, 9.17) is 17.3 Å². The highest BCUT2D eigenvalue weighted by atomic mass is 35.5. The molecule has 5 heteroatoms. The number of carbonyl (C=O) groups is 1. The number of anilines is 1. The Morgan fingerprint density at radius 2 is 2.07 bits per heavy atom. The maximum absolute atomic E-state index is 11.3. The van der Waals surface area contributed by atoms with E-state index >= 15 is 0 Å². The number of benzene rings is 1. The van der Waals surface area contributed by atoms with Gasteiger partial charge in [0, 0.05) is 17.8 Å². The molecule has 0 spiro atoms. The van der Waals surface area contributed by atoms with Gasteiger partial charge in [0.15, 0.2) is 0 Å². The number of nitrogen functional groups attached to an aromatic ring is 1. The molecular formula is C9H12Cl2N2O. The average molecular weight is 235 g/mol. The van der Waals surface area contributed by atoms with E-state index in [2.05, 4.69) is 5.32 Å². The third-order valence-electron chi connectivity index (χ3n) is 1.82. The second-order valence-electron chi connectivity index (χ2n) is 2.76. The van der Waals surface area contributed by atoms with Crippen LogP contribution in [0.15, 0.2) is 12.1 Å². The van der Waals surface area contributed by atoms with Crippen LogP contribution in [0.4, 0.5) is 5.69 Å². The lowest BCUT2D eigenvalue weighted by Crippen LogP contribution is -2.19. The van der Waals surface area contributed by atoms with Gasteiger partial charge in [0.1, 0.15) is 0 Å². The molecule has 0 saturated heterocycles. The van der Waals surface area contributed by atoms with Crippen LogP contribution in [0.1, 0.15) is 15.9 Å². The van der Waals surface area contributed by atoms with E-state index in [0.717, 1.165) is 5.56 Å². The zero-order chi connectivity index (χ0) is 10.0. The Balaban J connectivity index is 0.00000169. The summed E-state index contributed by atoms with van der Waals surface area (Å²) in [5.74, 6) is -0.219. The lowest BCUT2D eigenvalue weighted by molar-refractivity contribution is 0.0964. The molecule has 0 bridgehead atoms. The SMILES string of the molecule is CNC(=O)c1cc(Cl)cc(C)c1N.Cl. The Kier molecular flexibility index (Phi) is 4.74. The summed E-state index contributed by atoms with van der Waals surface area (Å²) in [4.78, 5) is 11.3. The molecule has 0 saturated carbocycles. The zero-order valence-electron chi connectivity index (χ0n) is 7.93. The minimum atomic E-state index is -0.219. The predicted molar refractivity (Wildman–Crippen MR) is 61.2 cm³/mol. The van der Waals surface area contributed by atoms with Crippen LogP contribution in [0.25, 0.3) is 0 Å². The van der Waals surface area contributed by atoms with Crippen molar-refractivity contribution in [3.63, 3.8) is 0 Å². The number of amides is 1. The lowest BCUT2D eigenvalue weighted by Gasteiger charge is -2.07. The summed E-state index contributed by atoms with van der Waals surface area (Å²) >= 11 is 5.79. The van der Waals surface area contributed by atoms with Crippen molar-refractivity contribution in [2.45, 2.75) is 6.92 Å². The summed E-state index contributed by atoms with van der Waals surface area (Å²) in [5, 5.41) is 3.02. The topological polar surface area (TPSA) is 55.1 Å². The van der Waals surface area contributed by atoms with Crippen molar-refractivity contribution in [3.8, 4) is 0 Å². The highest BCUT2D eigenvalue weighted by Gasteiger charge is 2.10. The van der Waals surface area contributed by atoms with E-state index < -0.39 is 0 Å². The molecule has 1 rings (SSSR count). The maximum atomic E-state index is 11.3.